The van der Waals surface area contributed by atoms with Gasteiger partial charge in [-0.05, 0) is 42.7 Å². The van der Waals surface area contributed by atoms with Crippen LogP contribution in [-0.4, -0.2) is 78.9 Å². The quantitative estimate of drug-likeness (QED) is 0.457. The molecule has 2 aliphatic rings. The van der Waals surface area contributed by atoms with Gasteiger partial charge in [-0.25, -0.2) is 4.98 Å². The second-order valence-corrected chi connectivity index (χ2v) is 11.6. The molecule has 3 heterocycles. The van der Waals surface area contributed by atoms with Gasteiger partial charge in [0.15, 0.2) is 11.5 Å². The largest absolute Gasteiger partial charge is 0.493 e. The van der Waals surface area contributed by atoms with E-state index in [0.29, 0.717) is 50.6 Å². The predicted octanol–water partition coefficient (Wildman–Crippen LogP) is 3.69. The topological polar surface area (TPSA) is 101 Å². The lowest BCUT2D eigenvalue weighted by molar-refractivity contribution is -0.131. The van der Waals surface area contributed by atoms with Crippen molar-refractivity contribution in [2.45, 2.75) is 25.7 Å². The number of nitrogens with zero attached hydrogens (tertiary/aromatic N) is 3. The van der Waals surface area contributed by atoms with Crippen LogP contribution in [0, 0.1) is 12.8 Å². The van der Waals surface area contributed by atoms with E-state index in [1.807, 2.05) is 60.8 Å². The molecule has 5 rings (SSSR count). The molecule has 2 aromatic carbocycles. The molecule has 42 heavy (non-hydrogen) atoms. The third-order valence-corrected chi connectivity index (χ3v) is 8.50. The van der Waals surface area contributed by atoms with Crippen LogP contribution in [-0.2, 0) is 20.8 Å². The molecule has 3 aromatic rings. The number of benzene rings is 2. The van der Waals surface area contributed by atoms with Gasteiger partial charge in [0.05, 0.1) is 36.7 Å². The van der Waals surface area contributed by atoms with Gasteiger partial charge >= 0.3 is 0 Å². The molecule has 1 saturated heterocycles. The van der Waals surface area contributed by atoms with Gasteiger partial charge in [-0.3, -0.25) is 14.4 Å². The molecule has 2 bridgehead atoms. The number of nitrogens with one attached hydrogen (secondary N) is 1. The Labute approximate surface area is 250 Å². The summed E-state index contributed by atoms with van der Waals surface area (Å²) >= 11 is 1.52. The number of ether oxygens (including phenoxy) is 2. The average Bonchev–Trinajstić information content (AvgIpc) is 3.63. The van der Waals surface area contributed by atoms with Gasteiger partial charge in [0, 0.05) is 43.6 Å². The van der Waals surface area contributed by atoms with Crippen LogP contribution < -0.4 is 14.8 Å². The molecular weight excluding hydrogens is 552 g/mol. The van der Waals surface area contributed by atoms with Crippen LogP contribution in [0.1, 0.15) is 34.2 Å². The smallest absolute Gasteiger partial charge is 0.246 e. The lowest BCUT2D eigenvalue weighted by atomic mass is 9.88. The lowest BCUT2D eigenvalue weighted by Gasteiger charge is -2.25. The van der Waals surface area contributed by atoms with E-state index in [1.165, 1.54) is 11.3 Å². The summed E-state index contributed by atoms with van der Waals surface area (Å²) in [6.07, 6.45) is 4.18. The number of hydrogen-bond donors (Lipinski definition) is 1. The second-order valence-electron chi connectivity index (χ2n) is 10.5. The first-order chi connectivity index (χ1) is 20.4. The molecule has 2 aliphatic heterocycles. The molecule has 1 fully saturated rings. The number of amides is 3. The molecule has 1 aromatic heterocycles. The van der Waals surface area contributed by atoms with E-state index in [0.717, 1.165) is 21.8 Å². The minimum atomic E-state index is -0.422. The van der Waals surface area contributed by atoms with Crippen molar-refractivity contribution < 1.29 is 23.9 Å². The number of fused-ring (bicyclic) bond motifs is 4. The Bertz CT molecular complexity index is 1440. The molecule has 220 valence electrons. The van der Waals surface area contributed by atoms with Crippen LogP contribution in [0.2, 0.25) is 0 Å². The number of aryl methyl sites for hydroxylation is 1. The number of carbonyl (C=O) groups is 3. The normalized spacial score (nSPS) is 19.5. The Kier molecular flexibility index (Phi) is 9.53. The fourth-order valence-electron chi connectivity index (χ4n) is 5.46. The number of methoxy groups -OCH3 is 1. The summed E-state index contributed by atoms with van der Waals surface area (Å²) in [5.41, 5.74) is 2.60. The van der Waals surface area contributed by atoms with Gasteiger partial charge in [-0.1, -0.05) is 36.4 Å². The highest BCUT2D eigenvalue weighted by molar-refractivity contribution is 7.09. The van der Waals surface area contributed by atoms with Crippen LogP contribution in [0.5, 0.6) is 11.5 Å². The Balaban J connectivity index is 1.34. The molecule has 0 spiro atoms. The van der Waals surface area contributed by atoms with E-state index >= 15 is 0 Å². The zero-order chi connectivity index (χ0) is 29.5. The van der Waals surface area contributed by atoms with Crippen LogP contribution in [0.3, 0.4) is 0 Å². The minimum absolute atomic E-state index is 0.0309. The Morgan fingerprint density at radius 2 is 1.93 bits per heavy atom. The van der Waals surface area contributed by atoms with Crippen molar-refractivity contribution in [3.63, 3.8) is 0 Å². The molecule has 3 amide bonds. The van der Waals surface area contributed by atoms with Gasteiger partial charge < -0.3 is 24.6 Å². The number of rotatable bonds is 5. The lowest BCUT2D eigenvalue weighted by Crippen LogP contribution is -2.40. The number of hydrogen-bond acceptors (Lipinski definition) is 7. The molecule has 0 unspecified atom stereocenters. The number of likely N-dealkylation sites (tertiary alicyclic amines) is 1. The van der Waals surface area contributed by atoms with Crippen molar-refractivity contribution in [3.8, 4) is 11.5 Å². The van der Waals surface area contributed by atoms with E-state index in [4.69, 9.17) is 9.47 Å². The summed E-state index contributed by atoms with van der Waals surface area (Å²) in [6, 6.07) is 15.3. The molecule has 10 heteroatoms. The first-order valence-corrected chi connectivity index (χ1v) is 15.1. The molecule has 9 nitrogen and oxygen atoms in total. The van der Waals surface area contributed by atoms with Crippen molar-refractivity contribution in [1.82, 2.24) is 20.1 Å². The van der Waals surface area contributed by atoms with E-state index in [9.17, 15) is 14.4 Å². The Morgan fingerprint density at radius 1 is 1.12 bits per heavy atom. The second kappa shape index (κ2) is 13.7. The third kappa shape index (κ3) is 7.17. The third-order valence-electron chi connectivity index (χ3n) is 7.68. The Morgan fingerprint density at radius 3 is 2.69 bits per heavy atom. The monoisotopic (exact) mass is 588 g/mol. The van der Waals surface area contributed by atoms with Crippen molar-refractivity contribution in [2.75, 3.05) is 46.4 Å². The van der Waals surface area contributed by atoms with E-state index < -0.39 is 5.92 Å². The minimum Gasteiger partial charge on any atom is -0.493 e. The van der Waals surface area contributed by atoms with E-state index in [1.54, 1.807) is 29.1 Å². The van der Waals surface area contributed by atoms with Crippen molar-refractivity contribution in [3.05, 3.63) is 81.8 Å². The number of carbonyl (C=O) groups excluding carboxylic acids is 3. The zero-order valence-corrected chi connectivity index (χ0v) is 24.8. The average molecular weight is 589 g/mol. The van der Waals surface area contributed by atoms with Crippen LogP contribution in [0.15, 0.2) is 60.0 Å². The first-order valence-electron chi connectivity index (χ1n) is 14.2. The van der Waals surface area contributed by atoms with Gasteiger partial charge in [0.2, 0.25) is 17.7 Å². The van der Waals surface area contributed by atoms with Crippen molar-refractivity contribution in [1.29, 1.82) is 0 Å². The van der Waals surface area contributed by atoms with Gasteiger partial charge in [0.1, 0.15) is 6.61 Å². The summed E-state index contributed by atoms with van der Waals surface area (Å²) in [5.74, 6) is 0.224. The summed E-state index contributed by atoms with van der Waals surface area (Å²) in [5, 5.41) is 5.90. The van der Waals surface area contributed by atoms with Crippen LogP contribution >= 0.6 is 11.3 Å². The van der Waals surface area contributed by atoms with Gasteiger partial charge in [0.25, 0.3) is 0 Å². The SMILES string of the molecule is COc1ccc2cc1OCCN(C(=O)Cc1csc(C)n1)CCCNC(=O)[C@H]1CN(C(=O)C=Cc3ccccc3)C[C@H]21. The van der Waals surface area contributed by atoms with E-state index in [-0.39, 0.29) is 36.7 Å². The fraction of sp³-hybridized carbons (Fsp3) is 0.375. The first kappa shape index (κ1) is 29.3. The molecule has 2 atom stereocenters. The number of thiazole rings is 1. The van der Waals surface area contributed by atoms with Gasteiger partial charge in [-0.15, -0.1) is 11.3 Å². The summed E-state index contributed by atoms with van der Waals surface area (Å²) < 4.78 is 11.7. The summed E-state index contributed by atoms with van der Waals surface area (Å²) in [7, 11) is 1.58. The number of aromatic nitrogens is 1. The molecule has 1 N–H and O–H groups in total. The standard InChI is InChI=1S/C32H36N4O5S/c1-22-34-25(21-42-22)18-31(38)35-14-6-13-33-32(39)27-20-36(30(37)12-9-23-7-4-3-5-8-23)19-26(27)24-10-11-28(40-2)29(17-24)41-16-15-35/h3-5,7-12,17,21,26-27H,6,13-16,18-20H2,1-2H3,(H,33,39)/t26-,27+/m1/s1. The van der Waals surface area contributed by atoms with Gasteiger partial charge in [-0.2, -0.15) is 0 Å². The fourth-order valence-corrected chi connectivity index (χ4v) is 6.07. The summed E-state index contributed by atoms with van der Waals surface area (Å²) in [6.45, 7) is 4.24. The molecule has 0 saturated carbocycles. The van der Waals surface area contributed by atoms with Crippen molar-refractivity contribution in [2.24, 2.45) is 5.92 Å². The maximum Gasteiger partial charge on any atom is 0.246 e. The Hall–Kier alpha value is -4.18. The van der Waals surface area contributed by atoms with Crippen molar-refractivity contribution >= 4 is 35.1 Å². The summed E-state index contributed by atoms with van der Waals surface area (Å²) in [4.78, 5) is 47.7. The highest BCUT2D eigenvalue weighted by Gasteiger charge is 2.40. The maximum atomic E-state index is 13.5. The molecular formula is C32H36N4O5S. The van der Waals surface area contributed by atoms with Crippen LogP contribution in [0.4, 0.5) is 0 Å². The highest BCUT2D eigenvalue weighted by atomic mass is 32.1. The van der Waals surface area contributed by atoms with Crippen LogP contribution in [0.25, 0.3) is 6.08 Å². The molecule has 0 radical (unpaired) electrons. The van der Waals surface area contributed by atoms with E-state index in [2.05, 4.69) is 10.3 Å². The predicted molar refractivity (Wildman–Crippen MR) is 162 cm³/mol. The maximum absolute atomic E-state index is 13.5. The molecule has 0 aliphatic carbocycles. The highest BCUT2D eigenvalue weighted by Crippen LogP contribution is 2.38. The zero-order valence-electron chi connectivity index (χ0n) is 24.0.